The maximum Gasteiger partial charge on any atom is 0.320 e. The summed E-state index contributed by atoms with van der Waals surface area (Å²) < 4.78 is 0. The Bertz CT molecular complexity index is 868. The first kappa shape index (κ1) is 14.5. The van der Waals surface area contributed by atoms with Gasteiger partial charge in [-0.25, -0.2) is 0 Å². The lowest BCUT2D eigenvalue weighted by molar-refractivity contribution is -0.501. The minimum absolute atomic E-state index is 0.0508. The third-order valence-corrected chi connectivity index (χ3v) is 3.87. The summed E-state index contributed by atoms with van der Waals surface area (Å²) in [7, 11) is 0. The van der Waals surface area contributed by atoms with Crippen LogP contribution in [0.15, 0.2) is 35.5 Å². The molecule has 0 saturated heterocycles. The summed E-state index contributed by atoms with van der Waals surface area (Å²) in [6, 6.07) is 2.25. The third-order valence-electron chi connectivity index (χ3n) is 3.87. The summed E-state index contributed by atoms with van der Waals surface area (Å²) in [4.78, 5) is 42.8. The van der Waals surface area contributed by atoms with Crippen molar-refractivity contribution < 1.29 is 19.6 Å². The SMILES string of the molecule is O=C1C([N+](=O)[O-])=CC2=C(Cc3c2cccc3[N+](=O)[O-])C1[N+](=O)[O-]. The van der Waals surface area contributed by atoms with E-state index in [1.807, 2.05) is 0 Å². The van der Waals surface area contributed by atoms with E-state index in [2.05, 4.69) is 0 Å². The van der Waals surface area contributed by atoms with Gasteiger partial charge in [-0.2, -0.15) is 0 Å². The average Bonchev–Trinajstić information content (AvgIpc) is 2.83. The van der Waals surface area contributed by atoms with Crippen molar-refractivity contribution in [2.75, 3.05) is 0 Å². The average molecular weight is 317 g/mol. The van der Waals surface area contributed by atoms with E-state index in [0.29, 0.717) is 5.56 Å². The lowest BCUT2D eigenvalue weighted by Gasteiger charge is -2.13. The number of hydrogen-bond donors (Lipinski definition) is 0. The van der Waals surface area contributed by atoms with E-state index in [1.54, 1.807) is 0 Å². The first-order valence-electron chi connectivity index (χ1n) is 6.36. The van der Waals surface area contributed by atoms with Crippen LogP contribution in [0.4, 0.5) is 5.69 Å². The standard InChI is InChI=1S/C13H7N3O7/c17-13-11(15(20)21)5-7-6-2-1-3-10(14(18)19)8(6)4-9(7)12(13)16(22)23/h1-3,5,12H,4H2. The molecule has 1 aromatic carbocycles. The Kier molecular flexibility index (Phi) is 3.03. The van der Waals surface area contributed by atoms with E-state index in [1.165, 1.54) is 18.2 Å². The number of ketones is 1. The van der Waals surface area contributed by atoms with Gasteiger partial charge in [-0.15, -0.1) is 0 Å². The van der Waals surface area contributed by atoms with Crippen molar-refractivity contribution in [1.82, 2.24) is 0 Å². The lowest BCUT2D eigenvalue weighted by atomic mass is 9.90. The molecule has 1 unspecified atom stereocenters. The molecular formula is C13H7N3O7. The highest BCUT2D eigenvalue weighted by Crippen LogP contribution is 2.43. The quantitative estimate of drug-likeness (QED) is 0.602. The summed E-state index contributed by atoms with van der Waals surface area (Å²) in [6.45, 7) is 0. The maximum atomic E-state index is 12.0. The van der Waals surface area contributed by atoms with Gasteiger partial charge in [0.1, 0.15) is 0 Å². The van der Waals surface area contributed by atoms with Gasteiger partial charge in [-0.1, -0.05) is 12.1 Å². The van der Waals surface area contributed by atoms with Gasteiger partial charge in [0.2, 0.25) is 0 Å². The van der Waals surface area contributed by atoms with Crippen LogP contribution in [0.2, 0.25) is 0 Å². The van der Waals surface area contributed by atoms with Crippen LogP contribution in [-0.4, -0.2) is 26.6 Å². The first-order valence-corrected chi connectivity index (χ1v) is 6.36. The molecule has 0 aromatic heterocycles. The predicted octanol–water partition coefficient (Wildman–Crippen LogP) is 1.29. The van der Waals surface area contributed by atoms with Crippen molar-refractivity contribution >= 4 is 17.0 Å². The smallest absolute Gasteiger partial charge is 0.279 e. The topological polar surface area (TPSA) is 146 Å². The Hall–Kier alpha value is -3.43. The summed E-state index contributed by atoms with van der Waals surface area (Å²) in [5, 5.41) is 33.3. The van der Waals surface area contributed by atoms with Crippen molar-refractivity contribution in [2.24, 2.45) is 0 Å². The Balaban J connectivity index is 2.25. The number of nitro groups is 3. The summed E-state index contributed by atoms with van der Waals surface area (Å²) in [6.07, 6.45) is 0.813. The van der Waals surface area contributed by atoms with E-state index in [9.17, 15) is 35.1 Å². The number of Topliss-reactive ketones (excluding diaryl/α,β-unsaturated/α-hetero) is 1. The number of hydrogen-bond acceptors (Lipinski definition) is 7. The van der Waals surface area contributed by atoms with Gasteiger partial charge in [0, 0.05) is 34.6 Å². The predicted molar refractivity (Wildman–Crippen MR) is 74.6 cm³/mol. The summed E-state index contributed by atoms with van der Waals surface area (Å²) in [5.41, 5.74) is -0.380. The highest BCUT2D eigenvalue weighted by molar-refractivity contribution is 6.07. The number of nitrogens with zero attached hydrogens (tertiary/aromatic N) is 3. The summed E-state index contributed by atoms with van der Waals surface area (Å²) >= 11 is 0. The van der Waals surface area contributed by atoms with Crippen LogP contribution in [0.25, 0.3) is 5.57 Å². The lowest BCUT2D eigenvalue weighted by Crippen LogP contribution is -2.37. The van der Waals surface area contributed by atoms with Gasteiger partial charge in [0.15, 0.2) is 0 Å². The van der Waals surface area contributed by atoms with E-state index in [4.69, 9.17) is 0 Å². The second kappa shape index (κ2) is 4.80. The van der Waals surface area contributed by atoms with E-state index in [0.717, 1.165) is 6.08 Å². The van der Waals surface area contributed by atoms with Gasteiger partial charge in [-0.05, 0) is 11.1 Å². The Morgan fingerprint density at radius 1 is 1.04 bits per heavy atom. The first-order chi connectivity index (χ1) is 10.8. The maximum absolute atomic E-state index is 12.0. The molecule has 0 heterocycles. The number of nitro benzene ring substituents is 1. The fourth-order valence-corrected chi connectivity index (χ4v) is 2.93. The number of carbonyl (C=O) groups excluding carboxylic acids is 1. The van der Waals surface area contributed by atoms with Crippen LogP contribution < -0.4 is 0 Å². The minimum atomic E-state index is -1.89. The molecule has 23 heavy (non-hydrogen) atoms. The molecule has 116 valence electrons. The highest BCUT2D eigenvalue weighted by atomic mass is 16.6. The van der Waals surface area contributed by atoms with Crippen LogP contribution >= 0.6 is 0 Å². The molecule has 0 amide bonds. The number of allylic oxidation sites excluding steroid dienone is 2. The fraction of sp³-hybridized carbons (Fsp3) is 0.154. The molecule has 2 aliphatic carbocycles. The molecule has 0 aliphatic heterocycles. The molecule has 0 spiro atoms. The molecule has 0 bridgehead atoms. The minimum Gasteiger partial charge on any atom is -0.279 e. The Labute approximate surface area is 127 Å². The van der Waals surface area contributed by atoms with Gasteiger partial charge < -0.3 is 0 Å². The molecule has 10 heteroatoms. The van der Waals surface area contributed by atoms with Crippen LogP contribution in [-0.2, 0) is 11.2 Å². The third kappa shape index (κ3) is 1.99. The summed E-state index contributed by atoms with van der Waals surface area (Å²) in [5.74, 6) is -1.21. The second-order valence-corrected chi connectivity index (χ2v) is 5.01. The number of benzene rings is 1. The van der Waals surface area contributed by atoms with Gasteiger partial charge in [0.25, 0.3) is 5.69 Å². The van der Waals surface area contributed by atoms with Crippen LogP contribution in [0.3, 0.4) is 0 Å². The highest BCUT2D eigenvalue weighted by Gasteiger charge is 2.49. The second-order valence-electron chi connectivity index (χ2n) is 5.01. The molecular weight excluding hydrogens is 310 g/mol. The zero-order valence-corrected chi connectivity index (χ0v) is 11.3. The monoisotopic (exact) mass is 317 g/mol. The molecule has 1 aromatic rings. The van der Waals surface area contributed by atoms with Crippen molar-refractivity contribution in [3.63, 3.8) is 0 Å². The molecule has 3 rings (SSSR count). The molecule has 0 saturated carbocycles. The van der Waals surface area contributed by atoms with E-state index < -0.39 is 32.3 Å². The van der Waals surface area contributed by atoms with E-state index in [-0.39, 0.29) is 28.8 Å². The van der Waals surface area contributed by atoms with Crippen LogP contribution in [0.1, 0.15) is 11.1 Å². The number of rotatable bonds is 3. The van der Waals surface area contributed by atoms with Crippen LogP contribution in [0, 0.1) is 30.3 Å². The normalized spacial score (nSPS) is 19.0. The van der Waals surface area contributed by atoms with Crippen molar-refractivity contribution in [3.05, 3.63) is 77.0 Å². The largest absolute Gasteiger partial charge is 0.320 e. The zero-order valence-electron chi connectivity index (χ0n) is 11.3. The van der Waals surface area contributed by atoms with Crippen LogP contribution in [0.5, 0.6) is 0 Å². The Morgan fingerprint density at radius 3 is 2.30 bits per heavy atom. The van der Waals surface area contributed by atoms with Crippen molar-refractivity contribution in [2.45, 2.75) is 12.5 Å². The molecule has 2 aliphatic rings. The molecule has 10 nitrogen and oxygen atoms in total. The fourth-order valence-electron chi connectivity index (χ4n) is 2.93. The molecule has 1 atom stereocenters. The van der Waals surface area contributed by atoms with Gasteiger partial charge in [0.05, 0.1) is 9.85 Å². The number of fused-ring (bicyclic) bond motifs is 2. The van der Waals surface area contributed by atoms with Crippen molar-refractivity contribution in [3.8, 4) is 0 Å². The zero-order chi connectivity index (χ0) is 16.9. The van der Waals surface area contributed by atoms with E-state index >= 15 is 0 Å². The number of carbonyl (C=O) groups is 1. The van der Waals surface area contributed by atoms with Gasteiger partial charge >= 0.3 is 17.5 Å². The Morgan fingerprint density at radius 2 is 1.74 bits per heavy atom. The van der Waals surface area contributed by atoms with Crippen molar-refractivity contribution in [1.29, 1.82) is 0 Å². The molecule has 0 N–H and O–H groups in total. The molecule has 0 fully saturated rings. The van der Waals surface area contributed by atoms with Gasteiger partial charge in [-0.3, -0.25) is 35.1 Å². The molecule has 0 radical (unpaired) electrons.